The molecule has 6 nitrogen and oxygen atoms in total. The summed E-state index contributed by atoms with van der Waals surface area (Å²) in [5, 5.41) is 0. The molecule has 2 unspecified atom stereocenters. The Hall–Kier alpha value is -3.18. The number of nitrogens with one attached hydrogen (secondary N) is 1. The summed E-state index contributed by atoms with van der Waals surface area (Å²) in [5.41, 5.74) is 1.42. The largest absolute Gasteiger partial charge is 0.488 e. The molecule has 0 amide bonds. The summed E-state index contributed by atoms with van der Waals surface area (Å²) in [7, 11) is -4.02. The van der Waals surface area contributed by atoms with Crippen LogP contribution in [0.5, 0.6) is 5.75 Å². The van der Waals surface area contributed by atoms with Crippen LogP contribution in [0.4, 0.5) is 23.4 Å². The number of pyridine rings is 1. The lowest BCUT2D eigenvalue weighted by Gasteiger charge is -2.21. The summed E-state index contributed by atoms with van der Waals surface area (Å²) >= 11 is 0. The molecule has 36 heavy (non-hydrogen) atoms. The van der Waals surface area contributed by atoms with Crippen molar-refractivity contribution >= 4 is 15.8 Å². The molecule has 2 aromatic carbocycles. The number of aromatic nitrogens is 1. The molecule has 2 aliphatic rings. The average Bonchev–Trinajstić information content (AvgIpc) is 3.48. The van der Waals surface area contributed by atoms with Crippen LogP contribution in [0.3, 0.4) is 0 Å². The summed E-state index contributed by atoms with van der Waals surface area (Å²) in [4.78, 5) is 3.51. The quantitative estimate of drug-likeness (QED) is 0.352. The molecule has 3 aromatic rings. The zero-order chi connectivity index (χ0) is 25.5. The first-order valence-corrected chi connectivity index (χ1v) is 12.8. The third-order valence-electron chi connectivity index (χ3n) is 6.35. The summed E-state index contributed by atoms with van der Waals surface area (Å²) < 4.78 is 92.7. The highest BCUT2D eigenvalue weighted by Crippen LogP contribution is 2.44. The zero-order valence-electron chi connectivity index (χ0n) is 18.9. The maximum Gasteiger partial charge on any atom is 0.416 e. The molecular formula is C25H22F4N2O4S. The number of hydrogen-bond donors (Lipinski definition) is 1. The van der Waals surface area contributed by atoms with Crippen molar-refractivity contribution in [3.8, 4) is 5.75 Å². The van der Waals surface area contributed by atoms with Crippen LogP contribution in [0.2, 0.25) is 0 Å². The molecular weight excluding hydrogens is 500 g/mol. The molecule has 5 rings (SSSR count). The van der Waals surface area contributed by atoms with Crippen molar-refractivity contribution < 1.29 is 35.5 Å². The monoisotopic (exact) mass is 522 g/mol. The molecule has 0 spiro atoms. The Balaban J connectivity index is 1.45. The number of alkyl halides is 3. The molecule has 1 aliphatic heterocycles. The highest BCUT2D eigenvalue weighted by atomic mass is 32.2. The Morgan fingerprint density at radius 3 is 2.56 bits per heavy atom. The number of anilines is 1. The molecule has 0 saturated carbocycles. The second-order valence-electron chi connectivity index (χ2n) is 8.76. The second-order valence-corrected chi connectivity index (χ2v) is 10.4. The second kappa shape index (κ2) is 9.36. The van der Waals surface area contributed by atoms with Gasteiger partial charge in [-0.3, -0.25) is 4.72 Å². The van der Waals surface area contributed by atoms with E-state index >= 15 is 0 Å². The maximum absolute atomic E-state index is 13.4. The SMILES string of the molecule is O=S(=O)(Nc1cccc(F)n1)c1ccc2c(c1)CCC2c1ccc(C(F)(F)F)cc1OC1CCOC1. The van der Waals surface area contributed by atoms with Gasteiger partial charge in [-0.25, -0.2) is 13.4 Å². The minimum absolute atomic E-state index is 0.0139. The van der Waals surface area contributed by atoms with E-state index in [0.29, 0.717) is 38.0 Å². The van der Waals surface area contributed by atoms with E-state index in [0.717, 1.165) is 29.3 Å². The number of nitrogens with zero attached hydrogens (tertiary/aromatic N) is 1. The van der Waals surface area contributed by atoms with Crippen LogP contribution in [-0.2, 0) is 27.4 Å². The highest BCUT2D eigenvalue weighted by molar-refractivity contribution is 7.92. The van der Waals surface area contributed by atoms with E-state index in [-0.39, 0.29) is 28.5 Å². The number of rotatable bonds is 6. The fourth-order valence-corrected chi connectivity index (χ4v) is 5.68. The van der Waals surface area contributed by atoms with Crippen molar-refractivity contribution in [2.75, 3.05) is 17.9 Å². The van der Waals surface area contributed by atoms with E-state index in [9.17, 15) is 26.0 Å². The average molecular weight is 523 g/mol. The Labute approximate surface area is 205 Å². The number of ether oxygens (including phenoxy) is 2. The van der Waals surface area contributed by atoms with Gasteiger partial charge in [0, 0.05) is 17.9 Å². The number of aryl methyl sites for hydroxylation is 1. The molecule has 0 radical (unpaired) electrons. The summed E-state index contributed by atoms with van der Waals surface area (Å²) in [6.07, 6.45) is -3.13. The number of fused-ring (bicyclic) bond motifs is 1. The van der Waals surface area contributed by atoms with E-state index in [1.54, 1.807) is 6.07 Å². The van der Waals surface area contributed by atoms with Crippen molar-refractivity contribution in [2.45, 2.75) is 42.4 Å². The molecule has 1 aliphatic carbocycles. The Morgan fingerprint density at radius 2 is 1.83 bits per heavy atom. The van der Waals surface area contributed by atoms with Gasteiger partial charge in [-0.2, -0.15) is 17.6 Å². The lowest BCUT2D eigenvalue weighted by molar-refractivity contribution is -0.137. The van der Waals surface area contributed by atoms with Crippen LogP contribution in [-0.4, -0.2) is 32.7 Å². The van der Waals surface area contributed by atoms with Crippen LogP contribution < -0.4 is 9.46 Å². The van der Waals surface area contributed by atoms with Crippen molar-refractivity contribution in [2.24, 2.45) is 0 Å². The molecule has 2 atom stereocenters. The lowest BCUT2D eigenvalue weighted by atomic mass is 9.91. The molecule has 1 fully saturated rings. The van der Waals surface area contributed by atoms with E-state index in [1.807, 2.05) is 0 Å². The lowest BCUT2D eigenvalue weighted by Crippen LogP contribution is -2.18. The summed E-state index contributed by atoms with van der Waals surface area (Å²) in [6.45, 7) is 0.799. The van der Waals surface area contributed by atoms with Gasteiger partial charge < -0.3 is 9.47 Å². The van der Waals surface area contributed by atoms with Crippen LogP contribution >= 0.6 is 0 Å². The van der Waals surface area contributed by atoms with Gasteiger partial charge in [0.25, 0.3) is 10.0 Å². The van der Waals surface area contributed by atoms with Crippen LogP contribution in [0.1, 0.15) is 41.0 Å². The normalized spacial score (nSPS) is 19.8. The Morgan fingerprint density at radius 1 is 1.03 bits per heavy atom. The first-order chi connectivity index (χ1) is 17.1. The van der Waals surface area contributed by atoms with Gasteiger partial charge in [0.15, 0.2) is 0 Å². The maximum atomic E-state index is 13.4. The minimum Gasteiger partial charge on any atom is -0.488 e. The first-order valence-electron chi connectivity index (χ1n) is 11.3. The predicted octanol–water partition coefficient (Wildman–Crippen LogP) is 5.29. The number of hydrogen-bond acceptors (Lipinski definition) is 5. The van der Waals surface area contributed by atoms with Gasteiger partial charge in [0.05, 0.1) is 23.7 Å². The molecule has 190 valence electrons. The molecule has 1 saturated heterocycles. The topological polar surface area (TPSA) is 77.5 Å². The molecule has 1 N–H and O–H groups in total. The van der Waals surface area contributed by atoms with Crippen LogP contribution in [0, 0.1) is 5.95 Å². The molecule has 11 heteroatoms. The van der Waals surface area contributed by atoms with Gasteiger partial charge >= 0.3 is 6.18 Å². The summed E-state index contributed by atoms with van der Waals surface area (Å²) in [6, 6.07) is 11.9. The predicted molar refractivity (Wildman–Crippen MR) is 123 cm³/mol. The Kier molecular flexibility index (Phi) is 6.37. The van der Waals surface area contributed by atoms with E-state index < -0.39 is 27.7 Å². The van der Waals surface area contributed by atoms with Gasteiger partial charge in [-0.1, -0.05) is 18.2 Å². The third kappa shape index (κ3) is 5.03. The zero-order valence-corrected chi connectivity index (χ0v) is 19.7. The van der Waals surface area contributed by atoms with Gasteiger partial charge in [0.2, 0.25) is 5.95 Å². The first kappa shape index (κ1) is 24.5. The van der Waals surface area contributed by atoms with Gasteiger partial charge in [-0.15, -0.1) is 0 Å². The van der Waals surface area contributed by atoms with Crippen LogP contribution in [0.25, 0.3) is 0 Å². The molecule has 2 heterocycles. The number of benzene rings is 2. The minimum atomic E-state index is -4.51. The van der Waals surface area contributed by atoms with Crippen molar-refractivity contribution in [1.82, 2.24) is 4.98 Å². The molecule has 1 aromatic heterocycles. The van der Waals surface area contributed by atoms with Gasteiger partial charge in [0.1, 0.15) is 17.7 Å². The van der Waals surface area contributed by atoms with Crippen molar-refractivity contribution in [3.63, 3.8) is 0 Å². The fourth-order valence-electron chi connectivity index (χ4n) is 4.63. The van der Waals surface area contributed by atoms with Crippen molar-refractivity contribution in [3.05, 3.63) is 82.8 Å². The Bertz CT molecular complexity index is 1390. The third-order valence-corrected chi connectivity index (χ3v) is 7.71. The van der Waals surface area contributed by atoms with E-state index in [4.69, 9.17) is 9.47 Å². The fraction of sp³-hybridized carbons (Fsp3) is 0.320. The number of halogens is 4. The molecule has 0 bridgehead atoms. The number of sulfonamides is 1. The van der Waals surface area contributed by atoms with E-state index in [1.165, 1.54) is 30.3 Å². The van der Waals surface area contributed by atoms with Crippen molar-refractivity contribution in [1.29, 1.82) is 0 Å². The standard InChI is InChI=1S/C25H22F4N2O4S/c26-23-2-1-3-24(30-23)31-36(32,33)18-6-9-19-15(12-18)4-7-20(19)21-8-5-16(25(27,28)29)13-22(21)35-17-10-11-34-14-17/h1-3,5-6,8-9,12-13,17,20H,4,7,10-11,14H2,(H,30,31). The smallest absolute Gasteiger partial charge is 0.416 e. The van der Waals surface area contributed by atoms with Crippen LogP contribution in [0.15, 0.2) is 59.5 Å². The van der Waals surface area contributed by atoms with Gasteiger partial charge in [-0.05, 0) is 60.4 Å². The van der Waals surface area contributed by atoms with E-state index in [2.05, 4.69) is 9.71 Å². The summed E-state index contributed by atoms with van der Waals surface area (Å²) in [5.74, 6) is -1.05. The highest BCUT2D eigenvalue weighted by Gasteiger charge is 2.34.